The van der Waals surface area contributed by atoms with E-state index in [-0.39, 0.29) is 23.8 Å². The molecule has 244 valence electrons. The van der Waals surface area contributed by atoms with Crippen LogP contribution in [0.15, 0.2) is 35.5 Å². The number of aryl methyl sites for hydroxylation is 1. The van der Waals surface area contributed by atoms with E-state index in [0.29, 0.717) is 50.0 Å². The van der Waals surface area contributed by atoms with Crippen LogP contribution in [0.25, 0.3) is 0 Å². The lowest BCUT2D eigenvalue weighted by molar-refractivity contribution is -0.0405. The van der Waals surface area contributed by atoms with Crippen molar-refractivity contribution in [1.82, 2.24) is 19.7 Å². The molecule has 12 nitrogen and oxygen atoms in total. The highest BCUT2D eigenvalue weighted by Gasteiger charge is 2.39. The molecule has 2 unspecified atom stereocenters. The SMILES string of the molecule is COc1ccc(CN(c2cc(C)n(C3CCCCO3)n2)c2nc(S(C)(=O)=O)nc(N3CCCC(S(C)(=O)=O)C3)c2C2CC2)cc1. The lowest BCUT2D eigenvalue weighted by atomic mass is 10.1. The van der Waals surface area contributed by atoms with Crippen molar-refractivity contribution in [3.63, 3.8) is 0 Å². The van der Waals surface area contributed by atoms with Crippen molar-refractivity contribution in [3.05, 3.63) is 47.2 Å². The Kier molecular flexibility index (Phi) is 8.83. The van der Waals surface area contributed by atoms with Crippen molar-refractivity contribution < 1.29 is 26.3 Å². The Labute approximate surface area is 265 Å². The van der Waals surface area contributed by atoms with Crippen molar-refractivity contribution >= 4 is 37.1 Å². The topological polar surface area (TPSA) is 137 Å². The predicted molar refractivity (Wildman–Crippen MR) is 172 cm³/mol. The van der Waals surface area contributed by atoms with Crippen molar-refractivity contribution in [1.29, 1.82) is 0 Å². The third kappa shape index (κ3) is 6.97. The molecular formula is C31H42N6O6S2. The molecule has 0 amide bonds. The molecular weight excluding hydrogens is 617 g/mol. The molecule has 45 heavy (non-hydrogen) atoms. The number of piperidine rings is 1. The minimum atomic E-state index is -3.82. The summed E-state index contributed by atoms with van der Waals surface area (Å²) in [5.74, 6) is 2.45. The van der Waals surface area contributed by atoms with E-state index in [2.05, 4.69) is 4.98 Å². The molecule has 2 aliphatic heterocycles. The zero-order chi connectivity index (χ0) is 31.9. The Morgan fingerprint density at radius 1 is 1.00 bits per heavy atom. The molecule has 0 radical (unpaired) electrons. The van der Waals surface area contributed by atoms with Crippen LogP contribution >= 0.6 is 0 Å². The number of hydrogen-bond acceptors (Lipinski definition) is 11. The van der Waals surface area contributed by atoms with Crippen molar-refractivity contribution in [2.24, 2.45) is 0 Å². The van der Waals surface area contributed by atoms with E-state index in [4.69, 9.17) is 19.6 Å². The van der Waals surface area contributed by atoms with Gasteiger partial charge in [-0.05, 0) is 75.5 Å². The van der Waals surface area contributed by atoms with E-state index >= 15 is 0 Å². The predicted octanol–water partition coefficient (Wildman–Crippen LogP) is 4.32. The minimum Gasteiger partial charge on any atom is -0.497 e. The number of aromatic nitrogens is 4. The standard InChI is InChI=1S/C31H42N6O6S2/c1-21-18-26(34-37(21)27-9-5-6-17-43-27)36(19-22-10-14-24(42-2)15-11-22)30-28(23-12-13-23)29(32-31(33-30)45(4,40)41)35-16-7-8-25(20-35)44(3,38)39/h10-11,14-15,18,23,25,27H,5-9,12-13,16-17,19-20H2,1-4H3. The number of hydrogen-bond donors (Lipinski definition) is 0. The summed E-state index contributed by atoms with van der Waals surface area (Å²) in [5.41, 5.74) is 2.72. The molecule has 2 aromatic heterocycles. The van der Waals surface area contributed by atoms with Gasteiger partial charge in [0.05, 0.1) is 18.9 Å². The summed E-state index contributed by atoms with van der Waals surface area (Å²) in [6.45, 7) is 3.86. The van der Waals surface area contributed by atoms with Gasteiger partial charge in [-0.2, -0.15) is 5.10 Å². The molecule has 1 aliphatic carbocycles. The lowest BCUT2D eigenvalue weighted by Gasteiger charge is -2.35. The minimum absolute atomic E-state index is 0.116. The van der Waals surface area contributed by atoms with Crippen LogP contribution in [0, 0.1) is 6.92 Å². The fourth-order valence-electron chi connectivity index (χ4n) is 6.25. The number of ether oxygens (including phenoxy) is 2. The van der Waals surface area contributed by atoms with Crippen molar-refractivity contribution in [2.45, 2.75) is 81.0 Å². The third-order valence-electron chi connectivity index (χ3n) is 8.86. The number of sulfone groups is 2. The van der Waals surface area contributed by atoms with E-state index in [0.717, 1.165) is 60.9 Å². The third-order valence-corrected chi connectivity index (χ3v) is 11.3. The van der Waals surface area contributed by atoms with Gasteiger partial charge in [-0.25, -0.2) is 31.5 Å². The highest BCUT2D eigenvalue weighted by atomic mass is 32.2. The van der Waals surface area contributed by atoms with E-state index in [1.54, 1.807) is 7.11 Å². The zero-order valence-electron chi connectivity index (χ0n) is 26.3. The molecule has 2 atom stereocenters. The fraction of sp³-hybridized carbons (Fsp3) is 0.581. The molecule has 1 saturated carbocycles. The Hall–Kier alpha value is -3.23. The molecule has 3 fully saturated rings. The van der Waals surface area contributed by atoms with Gasteiger partial charge in [-0.15, -0.1) is 0 Å². The van der Waals surface area contributed by atoms with Gasteiger partial charge >= 0.3 is 0 Å². The Bertz CT molecular complexity index is 1750. The second kappa shape index (κ2) is 12.5. The largest absolute Gasteiger partial charge is 0.497 e. The van der Waals surface area contributed by atoms with Gasteiger partial charge in [0.25, 0.3) is 5.16 Å². The molecule has 4 heterocycles. The number of benzene rings is 1. The molecule has 3 aromatic rings. The van der Waals surface area contributed by atoms with Gasteiger partial charge in [0.15, 0.2) is 21.9 Å². The summed E-state index contributed by atoms with van der Waals surface area (Å²) in [4.78, 5) is 13.3. The second-order valence-corrected chi connectivity index (χ2v) is 16.7. The molecule has 0 N–H and O–H groups in total. The number of methoxy groups -OCH3 is 1. The smallest absolute Gasteiger partial charge is 0.250 e. The molecule has 6 rings (SSSR count). The van der Waals surface area contributed by atoms with Crippen molar-refractivity contribution in [3.8, 4) is 5.75 Å². The van der Waals surface area contributed by atoms with Gasteiger partial charge in [0, 0.05) is 49.5 Å². The summed E-state index contributed by atoms with van der Waals surface area (Å²) < 4.78 is 64.7. The van der Waals surface area contributed by atoms with Crippen LogP contribution in [0.5, 0.6) is 5.75 Å². The number of rotatable bonds is 10. The Balaban J connectivity index is 1.53. The summed E-state index contributed by atoms with van der Waals surface area (Å²) in [5, 5.41) is 4.19. The van der Waals surface area contributed by atoms with Crippen LogP contribution in [0.4, 0.5) is 17.5 Å². The first-order valence-electron chi connectivity index (χ1n) is 15.6. The first-order valence-corrected chi connectivity index (χ1v) is 19.4. The fourth-order valence-corrected chi connectivity index (χ4v) is 7.80. The van der Waals surface area contributed by atoms with Crippen molar-refractivity contribution in [2.75, 3.05) is 49.1 Å². The van der Waals surface area contributed by atoms with Crippen LogP contribution in [0.1, 0.15) is 73.9 Å². The molecule has 14 heteroatoms. The monoisotopic (exact) mass is 658 g/mol. The Morgan fingerprint density at radius 3 is 2.38 bits per heavy atom. The van der Waals surface area contributed by atoms with E-state index in [1.165, 1.54) is 6.26 Å². The first kappa shape index (κ1) is 31.7. The van der Waals surface area contributed by atoms with Crippen LogP contribution in [0.2, 0.25) is 0 Å². The highest BCUT2D eigenvalue weighted by Crippen LogP contribution is 2.49. The van der Waals surface area contributed by atoms with Gasteiger partial charge in [-0.3, -0.25) is 0 Å². The maximum Gasteiger partial charge on any atom is 0.250 e. The number of anilines is 3. The molecule has 2 saturated heterocycles. The number of nitrogens with zero attached hydrogens (tertiary/aromatic N) is 6. The van der Waals surface area contributed by atoms with E-state index in [9.17, 15) is 16.8 Å². The zero-order valence-corrected chi connectivity index (χ0v) is 28.0. The molecule has 0 spiro atoms. The maximum absolute atomic E-state index is 13.1. The summed E-state index contributed by atoms with van der Waals surface area (Å²) in [7, 11) is -5.50. The average Bonchev–Trinajstić information content (AvgIpc) is 3.79. The summed E-state index contributed by atoms with van der Waals surface area (Å²) in [6, 6.07) is 9.71. The highest BCUT2D eigenvalue weighted by molar-refractivity contribution is 7.91. The van der Waals surface area contributed by atoms with Gasteiger partial charge in [0.1, 0.15) is 17.4 Å². The lowest BCUT2D eigenvalue weighted by Crippen LogP contribution is -2.43. The second-order valence-electron chi connectivity index (χ2n) is 12.5. The maximum atomic E-state index is 13.1. The van der Waals surface area contributed by atoms with Gasteiger partial charge in [-0.1, -0.05) is 12.1 Å². The molecule has 1 aromatic carbocycles. The molecule has 0 bridgehead atoms. The van der Waals surface area contributed by atoms with E-state index in [1.807, 2.05) is 51.7 Å². The van der Waals surface area contributed by atoms with Gasteiger partial charge in [0.2, 0.25) is 9.84 Å². The van der Waals surface area contributed by atoms with Crippen LogP contribution in [-0.2, 0) is 31.0 Å². The van der Waals surface area contributed by atoms with Crippen LogP contribution < -0.4 is 14.5 Å². The first-order chi connectivity index (χ1) is 21.4. The molecule has 3 aliphatic rings. The quantitative estimate of drug-likeness (QED) is 0.288. The normalized spacial score (nSPS) is 21.1. The van der Waals surface area contributed by atoms with Crippen LogP contribution in [0.3, 0.4) is 0 Å². The Morgan fingerprint density at radius 2 is 1.76 bits per heavy atom. The van der Waals surface area contributed by atoms with Gasteiger partial charge < -0.3 is 19.3 Å². The summed E-state index contributed by atoms with van der Waals surface area (Å²) >= 11 is 0. The summed E-state index contributed by atoms with van der Waals surface area (Å²) in [6.07, 6.45) is 8.17. The average molecular weight is 659 g/mol. The van der Waals surface area contributed by atoms with E-state index < -0.39 is 24.9 Å². The van der Waals surface area contributed by atoms with Crippen LogP contribution in [-0.4, -0.2) is 81.2 Å².